The van der Waals surface area contributed by atoms with Crippen molar-refractivity contribution in [2.24, 2.45) is 0 Å². The molecule has 0 aliphatic heterocycles. The summed E-state index contributed by atoms with van der Waals surface area (Å²) in [6.45, 7) is 0.438. The van der Waals surface area contributed by atoms with Gasteiger partial charge >= 0.3 is 6.03 Å². The molecule has 0 aliphatic carbocycles. The molecule has 0 bridgehead atoms. The van der Waals surface area contributed by atoms with Gasteiger partial charge in [-0.05, 0) is 34.9 Å². The molecule has 3 N–H and O–H groups in total. The summed E-state index contributed by atoms with van der Waals surface area (Å²) >= 11 is 0. The molecule has 0 fully saturated rings. The molecule has 0 aliphatic rings. The van der Waals surface area contributed by atoms with Gasteiger partial charge in [0.1, 0.15) is 5.75 Å². The molecular weight excluding hydrogens is 292 g/mol. The summed E-state index contributed by atoms with van der Waals surface area (Å²) in [7, 11) is 1.61. The van der Waals surface area contributed by atoms with Gasteiger partial charge in [-0.2, -0.15) is 0 Å². The number of nitrogens with one attached hydrogen (secondary N) is 2. The highest BCUT2D eigenvalue weighted by Crippen LogP contribution is 2.13. The van der Waals surface area contributed by atoms with Crippen molar-refractivity contribution in [3.63, 3.8) is 0 Å². The Morgan fingerprint density at radius 2 is 1.91 bits per heavy atom. The Labute approximate surface area is 135 Å². The van der Waals surface area contributed by atoms with Crippen LogP contribution in [0.2, 0.25) is 0 Å². The Kier molecular flexibility index (Phi) is 6.20. The molecule has 0 aromatic heterocycles. The maximum Gasteiger partial charge on any atom is 0.319 e. The van der Waals surface area contributed by atoms with Crippen LogP contribution in [0.4, 0.5) is 4.79 Å². The number of hydrogen-bond acceptors (Lipinski definition) is 3. The number of benzene rings is 2. The first-order chi connectivity index (χ1) is 11.2. The van der Waals surface area contributed by atoms with Gasteiger partial charge in [0.2, 0.25) is 0 Å². The highest BCUT2D eigenvalue weighted by Gasteiger charge is 1.98. The summed E-state index contributed by atoms with van der Waals surface area (Å²) in [6, 6.07) is 14.7. The fourth-order valence-corrected chi connectivity index (χ4v) is 1.95. The molecule has 0 spiro atoms. The van der Waals surface area contributed by atoms with Crippen molar-refractivity contribution in [3.05, 3.63) is 71.4 Å². The van der Waals surface area contributed by atoms with Crippen molar-refractivity contribution in [2.75, 3.05) is 7.11 Å². The zero-order chi connectivity index (χ0) is 16.5. The van der Waals surface area contributed by atoms with Crippen LogP contribution in [0.3, 0.4) is 0 Å². The first-order valence-electron chi connectivity index (χ1n) is 7.25. The quantitative estimate of drug-likeness (QED) is 0.768. The highest BCUT2D eigenvalue weighted by atomic mass is 16.5. The van der Waals surface area contributed by atoms with Gasteiger partial charge in [0.25, 0.3) is 0 Å². The molecule has 0 atom stereocenters. The summed E-state index contributed by atoms with van der Waals surface area (Å²) in [5.74, 6) is 0.767. The monoisotopic (exact) mass is 312 g/mol. The summed E-state index contributed by atoms with van der Waals surface area (Å²) in [6.07, 6.45) is 3.37. The standard InChI is InChI=1S/C18H20N2O3/c1-23-17-4-2-3-14(11-17)9-10-19-18(22)20-12-15-5-7-16(13-21)8-6-15/h2-11,21H,12-13H2,1H3,(H2,19,20,22)/b10-9+. The van der Waals surface area contributed by atoms with Crippen LogP contribution in [0.15, 0.2) is 54.7 Å². The van der Waals surface area contributed by atoms with Crippen LogP contribution in [0.25, 0.3) is 6.08 Å². The van der Waals surface area contributed by atoms with E-state index in [0.29, 0.717) is 6.54 Å². The molecule has 0 radical (unpaired) electrons. The van der Waals surface area contributed by atoms with Crippen LogP contribution in [-0.4, -0.2) is 18.2 Å². The van der Waals surface area contributed by atoms with Crippen molar-refractivity contribution in [2.45, 2.75) is 13.2 Å². The Balaban J connectivity index is 1.78. The Bertz CT molecular complexity index is 666. The summed E-state index contributed by atoms with van der Waals surface area (Å²) in [4.78, 5) is 11.7. The first-order valence-corrected chi connectivity index (χ1v) is 7.25. The minimum atomic E-state index is -0.282. The highest BCUT2D eigenvalue weighted by molar-refractivity contribution is 5.75. The molecule has 23 heavy (non-hydrogen) atoms. The van der Waals surface area contributed by atoms with Gasteiger partial charge in [-0.15, -0.1) is 0 Å². The SMILES string of the molecule is COc1cccc(/C=C/NC(=O)NCc2ccc(CO)cc2)c1. The number of carbonyl (C=O) groups excluding carboxylic acids is 1. The van der Waals surface area contributed by atoms with Crippen LogP contribution in [0, 0.1) is 0 Å². The van der Waals surface area contributed by atoms with E-state index in [1.54, 1.807) is 19.4 Å². The van der Waals surface area contributed by atoms with E-state index in [-0.39, 0.29) is 12.6 Å². The van der Waals surface area contributed by atoms with Crippen LogP contribution >= 0.6 is 0 Å². The lowest BCUT2D eigenvalue weighted by Gasteiger charge is -2.05. The summed E-state index contributed by atoms with van der Waals surface area (Å²) in [5, 5.41) is 14.4. The number of methoxy groups -OCH3 is 1. The minimum Gasteiger partial charge on any atom is -0.497 e. The van der Waals surface area contributed by atoms with E-state index in [1.165, 1.54) is 0 Å². The predicted molar refractivity (Wildman–Crippen MR) is 89.8 cm³/mol. The number of carbonyl (C=O) groups is 1. The van der Waals surface area contributed by atoms with E-state index in [4.69, 9.17) is 9.84 Å². The average molecular weight is 312 g/mol. The molecule has 0 unspecified atom stereocenters. The van der Waals surface area contributed by atoms with E-state index in [9.17, 15) is 4.79 Å². The third kappa shape index (κ3) is 5.48. The van der Waals surface area contributed by atoms with Gasteiger partial charge in [0, 0.05) is 12.7 Å². The zero-order valence-electron chi connectivity index (χ0n) is 13.0. The fraction of sp³-hybridized carbons (Fsp3) is 0.167. The molecule has 2 aromatic carbocycles. The molecule has 0 heterocycles. The number of rotatable bonds is 6. The summed E-state index contributed by atoms with van der Waals surface area (Å²) in [5.41, 5.74) is 2.75. The third-order valence-electron chi connectivity index (χ3n) is 3.24. The maximum absolute atomic E-state index is 11.7. The summed E-state index contributed by atoms with van der Waals surface area (Å²) < 4.78 is 5.14. The third-order valence-corrected chi connectivity index (χ3v) is 3.24. The Morgan fingerprint density at radius 3 is 2.61 bits per heavy atom. The van der Waals surface area contributed by atoms with Crippen LogP contribution in [-0.2, 0) is 13.2 Å². The van der Waals surface area contributed by atoms with E-state index in [2.05, 4.69) is 10.6 Å². The minimum absolute atomic E-state index is 0.0171. The van der Waals surface area contributed by atoms with E-state index in [1.807, 2.05) is 48.5 Å². The van der Waals surface area contributed by atoms with E-state index in [0.717, 1.165) is 22.4 Å². The van der Waals surface area contributed by atoms with E-state index >= 15 is 0 Å². The van der Waals surface area contributed by atoms with Gasteiger partial charge in [0.05, 0.1) is 13.7 Å². The molecule has 2 amide bonds. The van der Waals surface area contributed by atoms with Crippen LogP contribution in [0.5, 0.6) is 5.75 Å². The number of amides is 2. The lowest BCUT2D eigenvalue weighted by Crippen LogP contribution is -2.31. The van der Waals surface area contributed by atoms with Crippen molar-refractivity contribution >= 4 is 12.1 Å². The molecular formula is C18H20N2O3. The second-order valence-corrected chi connectivity index (χ2v) is 4.91. The Morgan fingerprint density at radius 1 is 1.17 bits per heavy atom. The number of urea groups is 1. The lowest BCUT2D eigenvalue weighted by molar-refractivity contribution is 0.244. The maximum atomic E-state index is 11.7. The van der Waals surface area contributed by atoms with Crippen molar-refractivity contribution in [1.82, 2.24) is 10.6 Å². The molecule has 120 valence electrons. The van der Waals surface area contributed by atoms with Crippen molar-refractivity contribution in [1.29, 1.82) is 0 Å². The van der Waals surface area contributed by atoms with Gasteiger partial charge in [-0.25, -0.2) is 4.79 Å². The second-order valence-electron chi connectivity index (χ2n) is 4.91. The average Bonchev–Trinajstić information content (AvgIpc) is 2.60. The topological polar surface area (TPSA) is 70.6 Å². The first kappa shape index (κ1) is 16.6. The van der Waals surface area contributed by atoms with Gasteiger partial charge in [-0.3, -0.25) is 0 Å². The predicted octanol–water partition coefficient (Wildman–Crippen LogP) is 2.66. The van der Waals surface area contributed by atoms with Crippen molar-refractivity contribution in [3.8, 4) is 5.75 Å². The number of aliphatic hydroxyl groups excluding tert-OH is 1. The number of aliphatic hydroxyl groups is 1. The molecule has 5 heteroatoms. The van der Waals surface area contributed by atoms with Crippen LogP contribution < -0.4 is 15.4 Å². The van der Waals surface area contributed by atoms with Crippen molar-refractivity contribution < 1.29 is 14.6 Å². The molecule has 2 rings (SSSR count). The van der Waals surface area contributed by atoms with E-state index < -0.39 is 0 Å². The fourth-order valence-electron chi connectivity index (χ4n) is 1.95. The smallest absolute Gasteiger partial charge is 0.319 e. The normalized spacial score (nSPS) is 10.5. The van der Waals surface area contributed by atoms with Gasteiger partial charge < -0.3 is 20.5 Å². The largest absolute Gasteiger partial charge is 0.497 e. The number of hydrogen-bond donors (Lipinski definition) is 3. The van der Waals surface area contributed by atoms with Gasteiger partial charge in [-0.1, -0.05) is 36.4 Å². The second kappa shape index (κ2) is 8.60. The van der Waals surface area contributed by atoms with Gasteiger partial charge in [0.15, 0.2) is 0 Å². The Hall–Kier alpha value is -2.79. The molecule has 2 aromatic rings. The molecule has 5 nitrogen and oxygen atoms in total. The molecule has 0 saturated heterocycles. The molecule has 0 saturated carbocycles. The number of ether oxygens (including phenoxy) is 1. The lowest BCUT2D eigenvalue weighted by atomic mass is 10.1. The zero-order valence-corrected chi connectivity index (χ0v) is 13.0. The van der Waals surface area contributed by atoms with Crippen LogP contribution in [0.1, 0.15) is 16.7 Å².